The van der Waals surface area contributed by atoms with Crippen molar-refractivity contribution in [2.45, 2.75) is 31.1 Å². The predicted molar refractivity (Wildman–Crippen MR) is 107 cm³/mol. The number of anilines is 1. The highest BCUT2D eigenvalue weighted by atomic mass is 19.4. The van der Waals surface area contributed by atoms with Gasteiger partial charge < -0.3 is 0 Å². The number of halogens is 3. The molecule has 0 saturated heterocycles. The van der Waals surface area contributed by atoms with E-state index in [0.29, 0.717) is 16.0 Å². The van der Waals surface area contributed by atoms with Gasteiger partial charge in [0.2, 0.25) is 0 Å². The van der Waals surface area contributed by atoms with Gasteiger partial charge in [-0.15, -0.1) is 0 Å². The summed E-state index contributed by atoms with van der Waals surface area (Å²) in [6.07, 6.45) is 8.58. The molecule has 2 aliphatic rings. The molecule has 0 radical (unpaired) electrons. The average Bonchev–Trinajstić information content (AvgIpc) is 2.73. The first-order valence-electron chi connectivity index (χ1n) is 9.85. The van der Waals surface area contributed by atoms with Crippen molar-refractivity contribution >= 4 is 11.8 Å². The normalized spacial score (nSPS) is 23.4. The van der Waals surface area contributed by atoms with Crippen LogP contribution in [0.4, 0.5) is 18.9 Å². The topological polar surface area (TPSA) is 41.9 Å². The number of fused-ring (bicyclic) bond motifs is 1. The van der Waals surface area contributed by atoms with Gasteiger partial charge in [-0.2, -0.15) is 13.2 Å². The molecule has 5 rings (SSSR count). The first-order chi connectivity index (χ1) is 14.5. The summed E-state index contributed by atoms with van der Waals surface area (Å²) >= 11 is 0. The molecule has 1 saturated carbocycles. The Morgan fingerprint density at radius 2 is 1.37 bits per heavy atom. The largest absolute Gasteiger partial charge is 0.485 e. The zero-order valence-electron chi connectivity index (χ0n) is 16.0. The maximum atomic E-state index is 14.4. The minimum absolute atomic E-state index is 0.0248. The Morgan fingerprint density at radius 3 is 1.97 bits per heavy atom. The Labute approximate surface area is 172 Å². The molecule has 3 unspecified atom stereocenters. The molecule has 1 fully saturated rings. The molecule has 4 heterocycles. The van der Waals surface area contributed by atoms with Gasteiger partial charge >= 0.3 is 6.30 Å². The fourth-order valence-corrected chi connectivity index (χ4v) is 4.66. The SMILES string of the molecule is FC(F)(F)N1c2cnccc2C=C(C2CCC2c2ccncc2)C1c1ccncc1. The zero-order chi connectivity index (χ0) is 20.7. The lowest BCUT2D eigenvalue weighted by molar-refractivity contribution is -0.134. The second-order valence-corrected chi connectivity index (χ2v) is 7.67. The van der Waals surface area contributed by atoms with Gasteiger partial charge in [0.05, 0.1) is 17.9 Å². The molecule has 0 amide bonds. The highest BCUT2D eigenvalue weighted by Gasteiger charge is 2.50. The van der Waals surface area contributed by atoms with Gasteiger partial charge in [-0.1, -0.05) is 6.08 Å². The second kappa shape index (κ2) is 7.23. The van der Waals surface area contributed by atoms with Gasteiger partial charge in [0.25, 0.3) is 0 Å². The summed E-state index contributed by atoms with van der Waals surface area (Å²) in [4.78, 5) is 12.6. The van der Waals surface area contributed by atoms with Crippen molar-refractivity contribution in [3.63, 3.8) is 0 Å². The van der Waals surface area contributed by atoms with Crippen LogP contribution >= 0.6 is 0 Å². The molecule has 3 aromatic heterocycles. The summed E-state index contributed by atoms with van der Waals surface area (Å²) in [5.41, 5.74) is 3.10. The third-order valence-electron chi connectivity index (χ3n) is 6.12. The van der Waals surface area contributed by atoms with Crippen molar-refractivity contribution in [1.29, 1.82) is 0 Å². The molecule has 152 valence electrons. The van der Waals surface area contributed by atoms with Crippen molar-refractivity contribution in [1.82, 2.24) is 15.0 Å². The number of hydrogen-bond acceptors (Lipinski definition) is 4. The summed E-state index contributed by atoms with van der Waals surface area (Å²) < 4.78 is 43.1. The maximum Gasteiger partial charge on any atom is 0.485 e. The molecule has 0 N–H and O–H groups in total. The van der Waals surface area contributed by atoms with Gasteiger partial charge in [0.15, 0.2) is 0 Å². The second-order valence-electron chi connectivity index (χ2n) is 7.67. The van der Waals surface area contributed by atoms with E-state index in [0.717, 1.165) is 24.0 Å². The fraction of sp³-hybridized carbons (Fsp3) is 0.261. The molecule has 0 spiro atoms. The predicted octanol–water partition coefficient (Wildman–Crippen LogP) is 5.53. The lowest BCUT2D eigenvalue weighted by atomic mass is 9.64. The molecule has 7 heteroatoms. The first kappa shape index (κ1) is 18.8. The van der Waals surface area contributed by atoms with Crippen LogP contribution in [0, 0.1) is 5.92 Å². The van der Waals surface area contributed by atoms with Crippen molar-refractivity contribution in [3.05, 3.63) is 89.8 Å². The van der Waals surface area contributed by atoms with E-state index in [9.17, 15) is 13.2 Å². The Kier molecular flexibility index (Phi) is 4.53. The van der Waals surface area contributed by atoms with E-state index in [1.807, 2.05) is 18.2 Å². The van der Waals surface area contributed by atoms with Crippen LogP contribution in [0.3, 0.4) is 0 Å². The van der Waals surface area contributed by atoms with Crippen molar-refractivity contribution in [3.8, 4) is 0 Å². The minimum atomic E-state index is -4.55. The van der Waals surface area contributed by atoms with Crippen LogP contribution < -0.4 is 4.90 Å². The van der Waals surface area contributed by atoms with Gasteiger partial charge in [-0.25, -0.2) is 0 Å². The smallest absolute Gasteiger partial charge is 0.271 e. The zero-order valence-corrected chi connectivity index (χ0v) is 16.0. The molecule has 30 heavy (non-hydrogen) atoms. The molecule has 1 aliphatic carbocycles. The van der Waals surface area contributed by atoms with Crippen LogP contribution in [0.2, 0.25) is 0 Å². The highest BCUT2D eigenvalue weighted by molar-refractivity contribution is 5.75. The van der Waals surface area contributed by atoms with Crippen molar-refractivity contribution in [2.24, 2.45) is 5.92 Å². The molecule has 3 atom stereocenters. The van der Waals surface area contributed by atoms with Crippen LogP contribution in [0.5, 0.6) is 0 Å². The summed E-state index contributed by atoms with van der Waals surface area (Å²) in [5, 5.41) is 0. The van der Waals surface area contributed by atoms with Gasteiger partial charge in [-0.05, 0) is 71.7 Å². The van der Waals surface area contributed by atoms with E-state index in [4.69, 9.17) is 0 Å². The number of pyridine rings is 3. The lowest BCUT2D eigenvalue weighted by Gasteiger charge is -2.47. The first-order valence-corrected chi connectivity index (χ1v) is 9.85. The molecule has 3 aromatic rings. The van der Waals surface area contributed by atoms with E-state index >= 15 is 0 Å². The van der Waals surface area contributed by atoms with E-state index in [2.05, 4.69) is 15.0 Å². The monoisotopic (exact) mass is 408 g/mol. The molecule has 0 aromatic carbocycles. The van der Waals surface area contributed by atoms with Crippen molar-refractivity contribution < 1.29 is 13.2 Å². The Bertz CT molecular complexity index is 1070. The van der Waals surface area contributed by atoms with Crippen LogP contribution in [0.1, 0.15) is 41.5 Å². The van der Waals surface area contributed by atoms with E-state index in [1.54, 1.807) is 43.0 Å². The third-order valence-corrected chi connectivity index (χ3v) is 6.12. The minimum Gasteiger partial charge on any atom is -0.271 e. The molecule has 4 nitrogen and oxygen atoms in total. The molecule has 1 aliphatic heterocycles. The number of rotatable bonds is 3. The van der Waals surface area contributed by atoms with Crippen molar-refractivity contribution in [2.75, 3.05) is 4.90 Å². The Hall–Kier alpha value is -3.22. The van der Waals surface area contributed by atoms with Gasteiger partial charge in [0.1, 0.15) is 0 Å². The maximum absolute atomic E-state index is 14.4. The van der Waals surface area contributed by atoms with Gasteiger partial charge in [-0.3, -0.25) is 19.9 Å². The van der Waals surface area contributed by atoms with E-state index in [-0.39, 0.29) is 17.5 Å². The number of hydrogen-bond donors (Lipinski definition) is 0. The van der Waals surface area contributed by atoms with Crippen LogP contribution in [0.25, 0.3) is 6.08 Å². The van der Waals surface area contributed by atoms with Crippen LogP contribution in [0.15, 0.2) is 73.1 Å². The van der Waals surface area contributed by atoms with E-state index < -0.39 is 12.3 Å². The fourth-order valence-electron chi connectivity index (χ4n) is 4.66. The Balaban J connectivity index is 1.66. The standard InChI is InChI=1S/C23H19F3N4/c24-23(25,26)30-21-14-29-12-7-17(21)13-20(22(30)16-5-10-28-11-6-16)19-2-1-18(19)15-3-8-27-9-4-15/h3-14,18-19,22H,1-2H2. The van der Waals surface area contributed by atoms with Crippen LogP contribution in [-0.2, 0) is 0 Å². The molecular formula is C23H19F3N4. The molecule has 0 bridgehead atoms. The lowest BCUT2D eigenvalue weighted by Crippen LogP contribution is -2.46. The summed E-state index contributed by atoms with van der Waals surface area (Å²) in [6.45, 7) is 0. The quantitative estimate of drug-likeness (QED) is 0.535. The summed E-state index contributed by atoms with van der Waals surface area (Å²) in [6, 6.07) is 7.95. The van der Waals surface area contributed by atoms with E-state index in [1.165, 1.54) is 12.4 Å². The number of nitrogens with zero attached hydrogens (tertiary/aromatic N) is 4. The third kappa shape index (κ3) is 3.14. The summed E-state index contributed by atoms with van der Waals surface area (Å²) in [5.74, 6) is 0.207. The Morgan fingerprint density at radius 1 is 0.767 bits per heavy atom. The molecular weight excluding hydrogens is 389 g/mol. The van der Waals surface area contributed by atoms with Crippen LogP contribution in [-0.4, -0.2) is 21.3 Å². The average molecular weight is 408 g/mol. The highest BCUT2D eigenvalue weighted by Crippen LogP contribution is 2.55. The number of alkyl halides is 3. The summed E-state index contributed by atoms with van der Waals surface area (Å²) in [7, 11) is 0. The number of aromatic nitrogens is 3. The van der Waals surface area contributed by atoms with Gasteiger partial charge in [0, 0.05) is 36.5 Å².